The molecule has 2 aliphatic heterocycles. The van der Waals surface area contributed by atoms with Crippen molar-refractivity contribution in [1.29, 1.82) is 5.26 Å². The highest BCUT2D eigenvalue weighted by atomic mass is 32.1. The Morgan fingerprint density at radius 2 is 1.79 bits per heavy atom. The summed E-state index contributed by atoms with van der Waals surface area (Å²) in [5, 5.41) is 17.9. The zero-order valence-electron chi connectivity index (χ0n) is 35.1. The van der Waals surface area contributed by atoms with Gasteiger partial charge in [0, 0.05) is 63.2 Å². The maximum Gasteiger partial charge on any atom is 0.419 e. The summed E-state index contributed by atoms with van der Waals surface area (Å²) in [7, 11) is 1.80. The number of carbonyl (C=O) groups excluding carboxylic acids is 4. The van der Waals surface area contributed by atoms with Crippen LogP contribution in [0.15, 0.2) is 30.5 Å². The number of nitrogens with one attached hydrogen (secondary N) is 1. The number of benzene rings is 1. The van der Waals surface area contributed by atoms with Gasteiger partial charge in [-0.1, -0.05) is 12.1 Å². The van der Waals surface area contributed by atoms with E-state index in [4.69, 9.17) is 22.2 Å². The Balaban J connectivity index is 0.861. The number of ketones is 2. The molecule has 2 amide bonds. The van der Waals surface area contributed by atoms with Crippen molar-refractivity contribution >= 4 is 63.0 Å². The van der Waals surface area contributed by atoms with Crippen LogP contribution in [-0.2, 0) is 37.1 Å². The van der Waals surface area contributed by atoms with E-state index in [-0.39, 0.29) is 65.5 Å². The monoisotopic (exact) mass is 863 g/mol. The van der Waals surface area contributed by atoms with Crippen molar-refractivity contribution in [2.45, 2.75) is 121 Å². The average molecular weight is 864 g/mol. The second-order valence-electron chi connectivity index (χ2n) is 17.4. The minimum atomic E-state index is -4.82. The molecule has 2 saturated carbocycles. The topological polar surface area (TPSA) is 157 Å². The van der Waals surface area contributed by atoms with Crippen molar-refractivity contribution < 1.29 is 37.1 Å². The van der Waals surface area contributed by atoms with Gasteiger partial charge in [0.1, 0.15) is 23.2 Å². The number of anilines is 2. The maximum atomic E-state index is 13.7. The van der Waals surface area contributed by atoms with Crippen LogP contribution in [0, 0.1) is 11.3 Å². The smallest absolute Gasteiger partial charge is 0.378 e. The van der Waals surface area contributed by atoms with Gasteiger partial charge in [-0.05, 0) is 90.6 Å². The number of rotatable bonds is 11. The van der Waals surface area contributed by atoms with Gasteiger partial charge in [0.05, 0.1) is 59.3 Å². The quantitative estimate of drug-likeness (QED) is 0.142. The molecule has 2 aromatic heterocycles. The summed E-state index contributed by atoms with van der Waals surface area (Å²) in [6.45, 7) is 11.0. The van der Waals surface area contributed by atoms with Crippen molar-refractivity contribution in [3.63, 3.8) is 0 Å². The molecule has 14 nitrogen and oxygen atoms in total. The standard InChI is InChI=1S/C43H52F3N9O5S/c1-25-22-52(23-26(2)53(25)24-37(58)49-34-9-6-8-32-38(50-51(5)39(32)34)31-15-12-29(56)19-36(31)57)16-7-17-60-30-13-10-27(11-14-30)55-41(61)54(40(59)42(55,3)4)28-18-33(43(44,45)46)35(20-47)48-21-28/h6,8-9,18,21,25-27,30-31H,7,10-17,19,22-24H2,1-5H3,(H,49,58)/t25-,26+,27?,30?,31?. The highest BCUT2D eigenvalue weighted by Gasteiger charge is 2.53. The third kappa shape index (κ3) is 8.93. The number of ether oxygens (including phenoxy) is 1. The average Bonchev–Trinajstić information content (AvgIpc) is 3.62. The first-order chi connectivity index (χ1) is 28.9. The molecule has 7 rings (SSSR count). The summed E-state index contributed by atoms with van der Waals surface area (Å²) in [5.74, 6) is -1.16. The molecule has 326 valence electrons. The lowest BCUT2D eigenvalue weighted by Gasteiger charge is -2.44. The second-order valence-corrected chi connectivity index (χ2v) is 17.7. The summed E-state index contributed by atoms with van der Waals surface area (Å²) >= 11 is 5.72. The second kappa shape index (κ2) is 17.5. The van der Waals surface area contributed by atoms with Gasteiger partial charge in [-0.25, -0.2) is 4.98 Å². The number of piperazine rings is 1. The van der Waals surface area contributed by atoms with Crippen molar-refractivity contribution in [2.24, 2.45) is 7.05 Å². The Labute approximate surface area is 358 Å². The predicted octanol–water partition coefficient (Wildman–Crippen LogP) is 5.73. The first-order valence-corrected chi connectivity index (χ1v) is 21.3. The Hall–Kier alpha value is -4.83. The summed E-state index contributed by atoms with van der Waals surface area (Å²) in [5.41, 5.74) is -1.17. The van der Waals surface area contributed by atoms with Crippen LogP contribution in [0.2, 0.25) is 0 Å². The maximum absolute atomic E-state index is 13.7. The number of nitrogens with zero attached hydrogens (tertiary/aromatic N) is 8. The van der Waals surface area contributed by atoms with Crippen LogP contribution in [0.4, 0.5) is 24.5 Å². The molecule has 4 heterocycles. The molecule has 18 heteroatoms. The number of aryl methyl sites for hydroxylation is 1. The molecule has 0 spiro atoms. The SMILES string of the molecule is C[C@@H]1CN(CCCOC2CCC(N3C(=S)N(c4cnc(C#N)c(C(F)(F)F)c4)C(=O)C3(C)C)CC2)C[C@H](C)N1CC(=O)Nc1cccc2c(C3CCC(=O)CC3=O)nn(C)c12. The van der Waals surface area contributed by atoms with Crippen LogP contribution < -0.4 is 10.2 Å². The van der Waals surface area contributed by atoms with Gasteiger partial charge < -0.3 is 19.9 Å². The van der Waals surface area contributed by atoms with E-state index in [1.807, 2.05) is 23.1 Å². The van der Waals surface area contributed by atoms with Gasteiger partial charge in [-0.2, -0.15) is 23.5 Å². The number of nitriles is 1. The lowest BCUT2D eigenvalue weighted by Crippen LogP contribution is -2.58. The van der Waals surface area contributed by atoms with Crippen molar-refractivity contribution in [3.05, 3.63) is 47.4 Å². The number of pyridine rings is 1. The number of Topliss-reactive ketones (excluding diaryl/α,β-unsaturated/α-hetero) is 2. The van der Waals surface area contributed by atoms with E-state index in [0.717, 1.165) is 67.0 Å². The van der Waals surface area contributed by atoms with E-state index in [2.05, 4.69) is 39.0 Å². The lowest BCUT2D eigenvalue weighted by molar-refractivity contribution is -0.138. The fourth-order valence-corrected chi connectivity index (χ4v) is 10.3. The first-order valence-electron chi connectivity index (χ1n) is 20.9. The molecular formula is C43H52F3N9O5S. The van der Waals surface area contributed by atoms with Crippen molar-refractivity contribution in [3.8, 4) is 6.07 Å². The minimum absolute atomic E-state index is 0.0360. The molecule has 0 bridgehead atoms. The summed E-state index contributed by atoms with van der Waals surface area (Å²) in [6, 6.07) is 7.99. The number of fused-ring (bicyclic) bond motifs is 1. The number of alkyl halides is 3. The fourth-order valence-electron chi connectivity index (χ4n) is 9.74. The highest BCUT2D eigenvalue weighted by molar-refractivity contribution is 7.80. The largest absolute Gasteiger partial charge is 0.419 e. The molecule has 1 aromatic carbocycles. The van der Waals surface area contributed by atoms with Crippen LogP contribution in [-0.4, -0.2) is 121 Å². The number of thiocarbonyl (C=S) groups is 1. The summed E-state index contributed by atoms with van der Waals surface area (Å²) < 4.78 is 49.2. The summed E-state index contributed by atoms with van der Waals surface area (Å²) in [4.78, 5) is 62.9. The van der Waals surface area contributed by atoms with Gasteiger partial charge in [-0.3, -0.25) is 33.7 Å². The molecule has 4 fully saturated rings. The molecule has 61 heavy (non-hydrogen) atoms. The van der Waals surface area contributed by atoms with E-state index in [1.54, 1.807) is 25.6 Å². The van der Waals surface area contributed by atoms with Crippen LogP contribution in [0.1, 0.15) is 102 Å². The van der Waals surface area contributed by atoms with Gasteiger partial charge in [0.25, 0.3) is 5.91 Å². The molecule has 2 aliphatic carbocycles. The molecule has 3 atom stereocenters. The zero-order valence-corrected chi connectivity index (χ0v) is 35.9. The first kappa shape index (κ1) is 44.2. The Morgan fingerprint density at radius 1 is 1.08 bits per heavy atom. The van der Waals surface area contributed by atoms with E-state index < -0.39 is 34.8 Å². The van der Waals surface area contributed by atoms with Crippen LogP contribution in [0.3, 0.4) is 0 Å². The van der Waals surface area contributed by atoms with Gasteiger partial charge >= 0.3 is 6.18 Å². The van der Waals surface area contributed by atoms with Gasteiger partial charge in [0.15, 0.2) is 10.8 Å². The number of hydrogen-bond donors (Lipinski definition) is 1. The van der Waals surface area contributed by atoms with E-state index in [0.29, 0.717) is 43.7 Å². The van der Waals surface area contributed by atoms with Crippen LogP contribution >= 0.6 is 12.2 Å². The van der Waals surface area contributed by atoms with E-state index in [9.17, 15) is 32.3 Å². The van der Waals surface area contributed by atoms with Crippen molar-refractivity contribution in [2.75, 3.05) is 43.0 Å². The molecule has 2 saturated heterocycles. The normalized spacial score (nSPS) is 25.4. The van der Waals surface area contributed by atoms with E-state index >= 15 is 0 Å². The molecule has 0 radical (unpaired) electrons. The predicted molar refractivity (Wildman–Crippen MR) is 225 cm³/mol. The Bertz CT molecular complexity index is 2250. The number of hydrogen-bond acceptors (Lipinski definition) is 11. The number of halogens is 3. The van der Waals surface area contributed by atoms with Gasteiger partial charge in [-0.15, -0.1) is 0 Å². The highest BCUT2D eigenvalue weighted by Crippen LogP contribution is 2.41. The number of carbonyl (C=O) groups is 4. The third-order valence-corrected chi connectivity index (χ3v) is 13.1. The molecule has 1 unspecified atom stereocenters. The minimum Gasteiger partial charge on any atom is -0.378 e. The number of aromatic nitrogens is 3. The number of amides is 2. The molecule has 4 aliphatic rings. The zero-order chi connectivity index (χ0) is 44.0. The Kier molecular flexibility index (Phi) is 12.7. The van der Waals surface area contributed by atoms with Crippen LogP contribution in [0.5, 0.6) is 0 Å². The third-order valence-electron chi connectivity index (χ3n) is 12.7. The fraction of sp³-hybridized carbons (Fsp3) is 0.581. The van der Waals surface area contributed by atoms with E-state index in [1.165, 1.54) is 6.07 Å². The van der Waals surface area contributed by atoms with Crippen molar-refractivity contribution in [1.82, 2.24) is 29.5 Å². The molecule has 3 aromatic rings. The summed E-state index contributed by atoms with van der Waals surface area (Å²) in [6.07, 6.45) is 0.769. The van der Waals surface area contributed by atoms with Gasteiger partial charge in [0.2, 0.25) is 5.91 Å². The number of para-hydroxylation sites is 1. The van der Waals surface area contributed by atoms with Crippen LogP contribution in [0.25, 0.3) is 10.9 Å². The molecular weight excluding hydrogens is 812 g/mol. The lowest BCUT2D eigenvalue weighted by atomic mass is 9.84. The molecule has 1 N–H and O–H groups in total. The Morgan fingerprint density at radius 3 is 2.44 bits per heavy atom.